The molecule has 3 aromatic heterocycles. The first-order valence-corrected chi connectivity index (χ1v) is 10.9. The lowest BCUT2D eigenvalue weighted by Gasteiger charge is -2.10. The molecule has 7 heteroatoms. The van der Waals surface area contributed by atoms with Crippen molar-refractivity contribution in [1.29, 1.82) is 0 Å². The van der Waals surface area contributed by atoms with Crippen molar-refractivity contribution in [3.8, 4) is 33.8 Å². The van der Waals surface area contributed by atoms with Gasteiger partial charge < -0.3 is 14.0 Å². The monoisotopic (exact) mass is 452 g/mol. The smallest absolute Gasteiger partial charge is 0.250 e. The van der Waals surface area contributed by atoms with Crippen LogP contribution in [0.1, 0.15) is 5.69 Å². The lowest BCUT2D eigenvalue weighted by atomic mass is 10.0. The normalized spacial score (nSPS) is 11.0. The van der Waals surface area contributed by atoms with E-state index in [-0.39, 0.29) is 5.56 Å². The van der Waals surface area contributed by atoms with E-state index in [0.29, 0.717) is 6.61 Å². The molecule has 5 aromatic rings. The molecule has 0 atom stereocenters. The Morgan fingerprint density at radius 2 is 1.68 bits per heavy atom. The predicted molar refractivity (Wildman–Crippen MR) is 132 cm³/mol. The van der Waals surface area contributed by atoms with E-state index in [4.69, 9.17) is 9.47 Å². The Bertz CT molecular complexity index is 1530. The van der Waals surface area contributed by atoms with Gasteiger partial charge in [0.25, 0.3) is 0 Å². The number of hydrogen-bond acceptors (Lipinski definition) is 5. The van der Waals surface area contributed by atoms with Crippen LogP contribution in [-0.4, -0.2) is 26.4 Å². The minimum absolute atomic E-state index is 0.0506. The summed E-state index contributed by atoms with van der Waals surface area (Å²) in [5, 5.41) is 5.53. The van der Waals surface area contributed by atoms with Gasteiger partial charge in [0.15, 0.2) is 0 Å². The van der Waals surface area contributed by atoms with Crippen molar-refractivity contribution in [2.45, 2.75) is 6.61 Å². The molecule has 34 heavy (non-hydrogen) atoms. The Morgan fingerprint density at radius 3 is 2.44 bits per heavy atom. The van der Waals surface area contributed by atoms with Crippen LogP contribution in [0.25, 0.3) is 33.2 Å². The van der Waals surface area contributed by atoms with Gasteiger partial charge in [0.05, 0.1) is 12.6 Å². The van der Waals surface area contributed by atoms with Gasteiger partial charge >= 0.3 is 0 Å². The van der Waals surface area contributed by atoms with Gasteiger partial charge in [-0.1, -0.05) is 24.3 Å². The quantitative estimate of drug-likeness (QED) is 0.377. The van der Waals surface area contributed by atoms with Crippen LogP contribution in [0.2, 0.25) is 0 Å². The molecule has 5 rings (SSSR count). The van der Waals surface area contributed by atoms with Crippen molar-refractivity contribution in [3.05, 3.63) is 95.3 Å². The lowest BCUT2D eigenvalue weighted by molar-refractivity contribution is 0.300. The highest BCUT2D eigenvalue weighted by Gasteiger charge is 2.13. The molecule has 7 nitrogen and oxygen atoms in total. The summed E-state index contributed by atoms with van der Waals surface area (Å²) in [6, 6.07) is 19.3. The SMILES string of the molecule is COc1ccnc2c(-c3ccc(OCc4nn(C)cc4-c4ccc(=O)n(C)c4)cc3)cccc12. The highest BCUT2D eigenvalue weighted by Crippen LogP contribution is 2.33. The highest BCUT2D eigenvalue weighted by molar-refractivity contribution is 5.96. The number of aromatic nitrogens is 4. The Hall–Kier alpha value is -4.39. The molecule has 0 N–H and O–H groups in total. The molecule has 0 unspecified atom stereocenters. The molecule has 0 aliphatic carbocycles. The summed E-state index contributed by atoms with van der Waals surface area (Å²) < 4.78 is 14.9. The number of fused-ring (bicyclic) bond motifs is 1. The van der Waals surface area contributed by atoms with Gasteiger partial charge in [0.1, 0.15) is 23.8 Å². The van der Waals surface area contributed by atoms with E-state index in [0.717, 1.165) is 50.3 Å². The van der Waals surface area contributed by atoms with Crippen LogP contribution in [0.4, 0.5) is 0 Å². The fraction of sp³-hybridized carbons (Fsp3) is 0.148. The number of aryl methyl sites for hydroxylation is 2. The molecule has 0 fully saturated rings. The maximum absolute atomic E-state index is 11.7. The van der Waals surface area contributed by atoms with Crippen molar-refractivity contribution in [2.75, 3.05) is 7.11 Å². The molecule has 0 saturated carbocycles. The number of nitrogens with zero attached hydrogens (tertiary/aromatic N) is 4. The first kappa shape index (κ1) is 21.5. The third-order valence-electron chi connectivity index (χ3n) is 5.79. The average Bonchev–Trinajstić information content (AvgIpc) is 3.24. The molecule has 0 saturated heterocycles. The summed E-state index contributed by atoms with van der Waals surface area (Å²) >= 11 is 0. The number of ether oxygens (including phenoxy) is 2. The second-order valence-corrected chi connectivity index (χ2v) is 8.06. The van der Waals surface area contributed by atoms with Crippen LogP contribution in [0.15, 0.2) is 84.0 Å². The predicted octanol–water partition coefficient (Wildman–Crippen LogP) is 4.59. The van der Waals surface area contributed by atoms with Gasteiger partial charge in [0.2, 0.25) is 5.56 Å². The number of rotatable bonds is 6. The molecule has 3 heterocycles. The zero-order chi connectivity index (χ0) is 23.7. The van der Waals surface area contributed by atoms with Crippen molar-refractivity contribution in [1.82, 2.24) is 19.3 Å². The topological polar surface area (TPSA) is 71.2 Å². The van der Waals surface area contributed by atoms with Crippen molar-refractivity contribution >= 4 is 10.9 Å². The molecule has 0 spiro atoms. The summed E-state index contributed by atoms with van der Waals surface area (Å²) in [5.41, 5.74) is 5.58. The summed E-state index contributed by atoms with van der Waals surface area (Å²) in [7, 11) is 5.28. The average molecular weight is 453 g/mol. The maximum atomic E-state index is 11.7. The van der Waals surface area contributed by atoms with Gasteiger partial charge in [-0.2, -0.15) is 5.10 Å². The van der Waals surface area contributed by atoms with Crippen LogP contribution < -0.4 is 15.0 Å². The molecule has 0 aliphatic rings. The number of methoxy groups -OCH3 is 1. The van der Waals surface area contributed by atoms with Crippen molar-refractivity contribution in [3.63, 3.8) is 0 Å². The van der Waals surface area contributed by atoms with E-state index in [9.17, 15) is 4.79 Å². The minimum atomic E-state index is -0.0506. The Morgan fingerprint density at radius 1 is 0.882 bits per heavy atom. The maximum Gasteiger partial charge on any atom is 0.250 e. The van der Waals surface area contributed by atoms with E-state index in [1.165, 1.54) is 0 Å². The van der Waals surface area contributed by atoms with Gasteiger partial charge in [-0.05, 0) is 35.9 Å². The zero-order valence-corrected chi connectivity index (χ0v) is 19.2. The van der Waals surface area contributed by atoms with Gasteiger partial charge in [0, 0.05) is 60.8 Å². The second kappa shape index (κ2) is 8.86. The molecule has 0 aliphatic heterocycles. The first-order valence-electron chi connectivity index (χ1n) is 10.9. The Balaban J connectivity index is 1.38. The van der Waals surface area contributed by atoms with Crippen LogP contribution in [0, 0.1) is 0 Å². The summed E-state index contributed by atoms with van der Waals surface area (Å²) in [6.07, 6.45) is 5.51. The number of benzene rings is 2. The van der Waals surface area contributed by atoms with Crippen LogP contribution in [0.5, 0.6) is 11.5 Å². The third-order valence-corrected chi connectivity index (χ3v) is 5.79. The van der Waals surface area contributed by atoms with Crippen LogP contribution in [-0.2, 0) is 20.7 Å². The van der Waals surface area contributed by atoms with Crippen molar-refractivity contribution < 1.29 is 9.47 Å². The fourth-order valence-electron chi connectivity index (χ4n) is 4.08. The Kier molecular flexibility index (Phi) is 5.59. The third kappa shape index (κ3) is 4.03. The van der Waals surface area contributed by atoms with E-state index in [1.54, 1.807) is 35.7 Å². The molecule has 0 amide bonds. The molecule has 170 valence electrons. The highest BCUT2D eigenvalue weighted by atomic mass is 16.5. The Labute approximate surface area is 196 Å². The molecule has 0 bridgehead atoms. The second-order valence-electron chi connectivity index (χ2n) is 8.06. The molecule has 2 aromatic carbocycles. The number of pyridine rings is 2. The van der Waals surface area contributed by atoms with Gasteiger partial charge in [-0.3, -0.25) is 14.5 Å². The standard InChI is InChI=1S/C27H24N4O3/c1-30-15-19(9-12-26(30)32)23-16-31(2)29-24(23)17-34-20-10-7-18(8-11-20)21-5-4-6-22-25(33-3)13-14-28-27(21)22/h4-16H,17H2,1-3H3. The van der Waals surface area contributed by atoms with Crippen molar-refractivity contribution in [2.24, 2.45) is 14.1 Å². The first-order chi connectivity index (χ1) is 16.5. The van der Waals surface area contributed by atoms with E-state index in [1.807, 2.05) is 68.0 Å². The van der Waals surface area contributed by atoms with Gasteiger partial charge in [-0.15, -0.1) is 0 Å². The minimum Gasteiger partial charge on any atom is -0.496 e. The lowest BCUT2D eigenvalue weighted by Crippen LogP contribution is -2.14. The van der Waals surface area contributed by atoms with E-state index < -0.39 is 0 Å². The molecular formula is C27H24N4O3. The van der Waals surface area contributed by atoms with E-state index >= 15 is 0 Å². The summed E-state index contributed by atoms with van der Waals surface area (Å²) in [6.45, 7) is 0.311. The van der Waals surface area contributed by atoms with Gasteiger partial charge in [-0.25, -0.2) is 0 Å². The number of para-hydroxylation sites is 1. The summed E-state index contributed by atoms with van der Waals surface area (Å²) in [4.78, 5) is 16.3. The number of hydrogen-bond donors (Lipinski definition) is 0. The van der Waals surface area contributed by atoms with E-state index in [2.05, 4.69) is 16.1 Å². The zero-order valence-electron chi connectivity index (χ0n) is 19.2. The molecular weight excluding hydrogens is 428 g/mol. The largest absolute Gasteiger partial charge is 0.496 e. The molecule has 0 radical (unpaired) electrons. The van der Waals surface area contributed by atoms with Crippen LogP contribution in [0.3, 0.4) is 0 Å². The van der Waals surface area contributed by atoms with Crippen LogP contribution >= 0.6 is 0 Å². The summed E-state index contributed by atoms with van der Waals surface area (Å²) in [5.74, 6) is 1.54. The fourth-order valence-corrected chi connectivity index (χ4v) is 4.08.